The Labute approximate surface area is 121 Å². The van der Waals surface area contributed by atoms with Gasteiger partial charge in [0.05, 0.1) is 18.3 Å². The molecule has 0 saturated carbocycles. The van der Waals surface area contributed by atoms with Crippen LogP contribution in [-0.4, -0.2) is 36.8 Å². The molecule has 0 amide bonds. The lowest BCUT2D eigenvalue weighted by atomic mass is 10.1. The fourth-order valence-electron chi connectivity index (χ4n) is 1.83. The number of thiazole rings is 1. The molecule has 0 fully saturated rings. The fourth-order valence-corrected chi connectivity index (χ4v) is 2.82. The number of ether oxygens (including phenoxy) is 1. The maximum Gasteiger partial charge on any atom is 0.185 e. The molecule has 0 aromatic carbocycles. The maximum atomic E-state index is 5.23. The van der Waals surface area contributed by atoms with E-state index in [9.17, 15) is 0 Å². The van der Waals surface area contributed by atoms with E-state index in [-0.39, 0.29) is 5.54 Å². The van der Waals surface area contributed by atoms with E-state index in [1.165, 1.54) is 0 Å². The van der Waals surface area contributed by atoms with Gasteiger partial charge in [0.1, 0.15) is 0 Å². The van der Waals surface area contributed by atoms with Gasteiger partial charge in [0, 0.05) is 31.1 Å². The van der Waals surface area contributed by atoms with Crippen LogP contribution in [0.2, 0.25) is 0 Å². The third-order valence-electron chi connectivity index (χ3n) is 2.87. The number of nitrogens with zero attached hydrogens (tertiary/aromatic N) is 2. The van der Waals surface area contributed by atoms with Crippen molar-refractivity contribution in [3.63, 3.8) is 0 Å². The molecule has 0 aliphatic heterocycles. The predicted octanol–water partition coefficient (Wildman–Crippen LogP) is 2.89. The van der Waals surface area contributed by atoms with Crippen molar-refractivity contribution in [1.29, 1.82) is 0 Å². The Hall–Kier alpha value is -0.650. The van der Waals surface area contributed by atoms with E-state index in [4.69, 9.17) is 9.72 Å². The normalized spacial score (nSPS) is 13.6. The number of methoxy groups -OCH3 is 1. The van der Waals surface area contributed by atoms with Gasteiger partial charge < -0.3 is 15.0 Å². The van der Waals surface area contributed by atoms with Crippen LogP contribution >= 0.6 is 11.3 Å². The molecule has 1 heterocycles. The van der Waals surface area contributed by atoms with Gasteiger partial charge in [0.2, 0.25) is 0 Å². The first-order valence-corrected chi connectivity index (χ1v) is 7.70. The van der Waals surface area contributed by atoms with Crippen molar-refractivity contribution in [3.05, 3.63) is 11.1 Å². The molecule has 0 spiro atoms. The summed E-state index contributed by atoms with van der Waals surface area (Å²) in [6, 6.07) is 0.351. The van der Waals surface area contributed by atoms with Gasteiger partial charge in [0.15, 0.2) is 5.13 Å². The minimum absolute atomic E-state index is 0.123. The molecule has 0 saturated heterocycles. The Balaban J connectivity index is 2.66. The number of aromatic nitrogens is 1. The van der Waals surface area contributed by atoms with Crippen LogP contribution in [0.4, 0.5) is 5.13 Å². The van der Waals surface area contributed by atoms with Gasteiger partial charge in [-0.3, -0.25) is 0 Å². The molecule has 4 nitrogen and oxygen atoms in total. The largest absolute Gasteiger partial charge is 0.383 e. The summed E-state index contributed by atoms with van der Waals surface area (Å²) in [5.74, 6) is 0. The van der Waals surface area contributed by atoms with Gasteiger partial charge in [-0.05, 0) is 34.6 Å². The highest BCUT2D eigenvalue weighted by Crippen LogP contribution is 2.22. The summed E-state index contributed by atoms with van der Waals surface area (Å²) in [4.78, 5) is 7.00. The molecule has 1 rings (SSSR count). The minimum atomic E-state index is 0.123. The third kappa shape index (κ3) is 5.47. The number of hydrogen-bond donors (Lipinski definition) is 1. The van der Waals surface area contributed by atoms with Crippen molar-refractivity contribution in [2.45, 2.75) is 52.7 Å². The zero-order chi connectivity index (χ0) is 14.5. The van der Waals surface area contributed by atoms with E-state index in [0.29, 0.717) is 6.04 Å². The van der Waals surface area contributed by atoms with Gasteiger partial charge in [-0.15, -0.1) is 11.3 Å². The van der Waals surface area contributed by atoms with Crippen LogP contribution in [0.5, 0.6) is 0 Å². The molecule has 1 aromatic heterocycles. The van der Waals surface area contributed by atoms with E-state index in [0.717, 1.165) is 30.5 Å². The molecule has 0 aliphatic rings. The summed E-state index contributed by atoms with van der Waals surface area (Å²) in [6.45, 7) is 13.3. The Kier molecular flexibility index (Phi) is 6.23. The van der Waals surface area contributed by atoms with Gasteiger partial charge in [-0.25, -0.2) is 4.98 Å². The predicted molar refractivity (Wildman–Crippen MR) is 83.1 cm³/mol. The maximum absolute atomic E-state index is 5.23. The molecular weight excluding hydrogens is 258 g/mol. The van der Waals surface area contributed by atoms with Crippen LogP contribution in [0.15, 0.2) is 5.38 Å². The van der Waals surface area contributed by atoms with Crippen molar-refractivity contribution in [3.8, 4) is 0 Å². The van der Waals surface area contributed by atoms with Gasteiger partial charge >= 0.3 is 0 Å². The lowest BCUT2D eigenvalue weighted by Gasteiger charge is -2.26. The van der Waals surface area contributed by atoms with Crippen LogP contribution in [0.1, 0.15) is 40.3 Å². The monoisotopic (exact) mass is 285 g/mol. The fraction of sp³-hybridized carbons (Fsp3) is 0.786. The molecule has 110 valence electrons. The van der Waals surface area contributed by atoms with Gasteiger partial charge in [-0.1, -0.05) is 0 Å². The number of rotatable bonds is 7. The van der Waals surface area contributed by atoms with Crippen LogP contribution in [-0.2, 0) is 11.3 Å². The number of anilines is 1. The lowest BCUT2D eigenvalue weighted by molar-refractivity contribution is 0.182. The van der Waals surface area contributed by atoms with E-state index in [2.05, 4.69) is 50.2 Å². The van der Waals surface area contributed by atoms with E-state index >= 15 is 0 Å². The minimum Gasteiger partial charge on any atom is -0.383 e. The zero-order valence-electron chi connectivity index (χ0n) is 13.0. The van der Waals surface area contributed by atoms with Crippen molar-refractivity contribution < 1.29 is 4.74 Å². The lowest BCUT2D eigenvalue weighted by Crippen LogP contribution is -2.36. The summed E-state index contributed by atoms with van der Waals surface area (Å²) >= 11 is 1.71. The number of nitrogens with one attached hydrogen (secondary N) is 1. The highest BCUT2D eigenvalue weighted by Gasteiger charge is 2.16. The first-order chi connectivity index (χ1) is 8.87. The summed E-state index contributed by atoms with van der Waals surface area (Å²) in [5, 5.41) is 6.68. The SMILES string of the molecule is CCN(c1nc(CNC(C)(C)C)cs1)C(C)COC. The molecule has 0 radical (unpaired) electrons. The van der Waals surface area contributed by atoms with Crippen LogP contribution in [0, 0.1) is 0 Å². The smallest absolute Gasteiger partial charge is 0.185 e. The second-order valence-corrected chi connectivity index (χ2v) is 6.65. The first kappa shape index (κ1) is 16.4. The Morgan fingerprint density at radius 2 is 2.16 bits per heavy atom. The topological polar surface area (TPSA) is 37.4 Å². The third-order valence-corrected chi connectivity index (χ3v) is 3.79. The van der Waals surface area contributed by atoms with Gasteiger partial charge in [0.25, 0.3) is 0 Å². The quantitative estimate of drug-likeness (QED) is 0.836. The molecule has 1 aromatic rings. The molecule has 5 heteroatoms. The van der Waals surface area contributed by atoms with Crippen molar-refractivity contribution in [2.24, 2.45) is 0 Å². The summed E-state index contributed by atoms with van der Waals surface area (Å²) < 4.78 is 5.23. The average molecular weight is 285 g/mol. The highest BCUT2D eigenvalue weighted by atomic mass is 32.1. The number of hydrogen-bond acceptors (Lipinski definition) is 5. The molecule has 1 unspecified atom stereocenters. The van der Waals surface area contributed by atoms with Crippen LogP contribution < -0.4 is 10.2 Å². The van der Waals surface area contributed by atoms with Crippen LogP contribution in [0.3, 0.4) is 0 Å². The summed E-state index contributed by atoms with van der Waals surface area (Å²) in [5.41, 5.74) is 1.23. The molecule has 19 heavy (non-hydrogen) atoms. The van der Waals surface area contributed by atoms with Crippen molar-refractivity contribution in [2.75, 3.05) is 25.2 Å². The Morgan fingerprint density at radius 3 is 2.68 bits per heavy atom. The molecule has 1 atom stereocenters. The van der Waals surface area contributed by atoms with Gasteiger partial charge in [-0.2, -0.15) is 0 Å². The molecule has 1 N–H and O–H groups in total. The van der Waals surface area contributed by atoms with E-state index in [1.807, 2.05) is 0 Å². The molecule has 0 bridgehead atoms. The number of likely N-dealkylation sites (N-methyl/N-ethyl adjacent to an activating group) is 1. The zero-order valence-corrected chi connectivity index (χ0v) is 13.8. The second-order valence-electron chi connectivity index (χ2n) is 5.82. The Bertz CT molecular complexity index is 373. The summed E-state index contributed by atoms with van der Waals surface area (Å²) in [7, 11) is 1.74. The molecular formula is C14H27N3OS. The Morgan fingerprint density at radius 1 is 1.47 bits per heavy atom. The highest BCUT2D eigenvalue weighted by molar-refractivity contribution is 7.13. The average Bonchev–Trinajstić information content (AvgIpc) is 2.75. The second kappa shape index (κ2) is 7.22. The van der Waals surface area contributed by atoms with E-state index in [1.54, 1.807) is 18.4 Å². The first-order valence-electron chi connectivity index (χ1n) is 6.82. The van der Waals surface area contributed by atoms with Crippen molar-refractivity contribution in [1.82, 2.24) is 10.3 Å². The van der Waals surface area contributed by atoms with E-state index < -0.39 is 0 Å². The standard InChI is InChI=1S/C14H27N3OS/c1-7-17(11(2)9-18-6)13-16-12(10-19-13)8-15-14(3,4)5/h10-11,15H,7-9H2,1-6H3. The molecule has 0 aliphatic carbocycles. The summed E-state index contributed by atoms with van der Waals surface area (Å²) in [6.07, 6.45) is 0. The van der Waals surface area contributed by atoms with Crippen LogP contribution in [0.25, 0.3) is 0 Å². The van der Waals surface area contributed by atoms with Crippen molar-refractivity contribution >= 4 is 16.5 Å².